The van der Waals surface area contributed by atoms with Gasteiger partial charge < -0.3 is 45.4 Å². The molecule has 9 rings (SSSR count). The van der Waals surface area contributed by atoms with Gasteiger partial charge >= 0.3 is 6.03 Å². The molecule has 4 amide bonds. The number of hydrogen-bond acceptors (Lipinski definition) is 10. The third-order valence-corrected chi connectivity index (χ3v) is 13.7. The number of likely N-dealkylation sites (tertiary alicyclic amines) is 1. The number of pyridine rings is 1. The van der Waals surface area contributed by atoms with Crippen molar-refractivity contribution < 1.29 is 14.4 Å². The fraction of sp³-hybridized carbons (Fsp3) is 0.478. The first-order valence-electron chi connectivity index (χ1n) is 22.0. The second-order valence-electron chi connectivity index (χ2n) is 17.6. The van der Waals surface area contributed by atoms with Crippen molar-refractivity contribution in [2.45, 2.75) is 69.4 Å². The van der Waals surface area contributed by atoms with E-state index in [-0.39, 0.29) is 29.2 Å². The first-order valence-corrected chi connectivity index (χ1v) is 22.0. The number of carbonyl (C=O) groups is 3. The number of anilines is 4. The zero-order valence-electron chi connectivity index (χ0n) is 35.1. The molecule has 15 nitrogen and oxygen atoms in total. The molecule has 320 valence electrons. The van der Waals surface area contributed by atoms with Gasteiger partial charge in [-0.1, -0.05) is 18.7 Å². The van der Waals surface area contributed by atoms with Gasteiger partial charge in [-0.25, -0.2) is 14.8 Å². The maximum absolute atomic E-state index is 13.4. The summed E-state index contributed by atoms with van der Waals surface area (Å²) in [5.41, 5.74) is 9.67. The van der Waals surface area contributed by atoms with Gasteiger partial charge in [0.2, 0.25) is 5.91 Å². The minimum Gasteiger partial charge on any atom is -0.371 e. The summed E-state index contributed by atoms with van der Waals surface area (Å²) in [6.07, 6.45) is 11.0. The Balaban J connectivity index is 0.756. The number of carbonyl (C=O) groups excluding carboxylic acids is 3. The molecule has 2 aromatic carbocycles. The van der Waals surface area contributed by atoms with E-state index in [9.17, 15) is 19.2 Å². The average molecular weight is 828 g/mol. The average Bonchev–Trinajstić information content (AvgIpc) is 3.61. The Bertz CT molecular complexity index is 2370. The maximum atomic E-state index is 13.4. The summed E-state index contributed by atoms with van der Waals surface area (Å²) >= 11 is 0. The highest BCUT2D eigenvalue weighted by atomic mass is 16.2. The second-order valence-corrected chi connectivity index (χ2v) is 17.6. The number of rotatable bonds is 10. The van der Waals surface area contributed by atoms with Crippen molar-refractivity contribution in [2.24, 2.45) is 11.7 Å². The van der Waals surface area contributed by atoms with E-state index in [1.807, 2.05) is 36.2 Å². The van der Waals surface area contributed by atoms with Crippen LogP contribution >= 0.6 is 0 Å². The Morgan fingerprint density at radius 3 is 2.41 bits per heavy atom. The summed E-state index contributed by atoms with van der Waals surface area (Å²) in [4.78, 5) is 71.2. The van der Waals surface area contributed by atoms with E-state index in [4.69, 9.17) is 10.7 Å². The van der Waals surface area contributed by atoms with E-state index in [1.165, 1.54) is 5.56 Å². The molecule has 4 N–H and O–H groups in total. The molecule has 0 aliphatic carbocycles. The van der Waals surface area contributed by atoms with E-state index < -0.39 is 11.9 Å². The molecule has 4 aromatic rings. The summed E-state index contributed by atoms with van der Waals surface area (Å²) in [6, 6.07) is 16.2. The van der Waals surface area contributed by atoms with Crippen LogP contribution in [0, 0.1) is 5.92 Å². The number of nitrogens with two attached hydrogens (primary N) is 1. The lowest BCUT2D eigenvalue weighted by Crippen LogP contribution is -2.49. The quantitative estimate of drug-likeness (QED) is 0.198. The zero-order valence-corrected chi connectivity index (χ0v) is 35.1. The third-order valence-electron chi connectivity index (χ3n) is 13.7. The Morgan fingerprint density at radius 1 is 0.902 bits per heavy atom. The molecule has 2 atom stereocenters. The predicted octanol–water partition coefficient (Wildman–Crippen LogP) is 5.03. The molecule has 5 aliphatic rings. The molecule has 5 fully saturated rings. The molecular weight excluding hydrogens is 771 g/mol. The van der Waals surface area contributed by atoms with Crippen molar-refractivity contribution >= 4 is 51.6 Å². The largest absolute Gasteiger partial charge is 0.371 e. The molecule has 2 aromatic heterocycles. The Kier molecular flexibility index (Phi) is 11.4. The highest BCUT2D eigenvalue weighted by Gasteiger charge is 2.35. The Labute approximate surface area is 356 Å². The van der Waals surface area contributed by atoms with Crippen LogP contribution in [0.1, 0.15) is 79.4 Å². The van der Waals surface area contributed by atoms with Crippen molar-refractivity contribution in [1.29, 1.82) is 0 Å². The van der Waals surface area contributed by atoms with Crippen molar-refractivity contribution in [3.05, 3.63) is 94.8 Å². The van der Waals surface area contributed by atoms with Crippen molar-refractivity contribution in [2.75, 3.05) is 81.1 Å². The van der Waals surface area contributed by atoms with Gasteiger partial charge in [0.1, 0.15) is 11.9 Å². The van der Waals surface area contributed by atoms with Crippen LogP contribution in [-0.2, 0) is 4.79 Å². The fourth-order valence-electron chi connectivity index (χ4n) is 10.1. The van der Waals surface area contributed by atoms with E-state index in [2.05, 4.69) is 61.2 Å². The van der Waals surface area contributed by atoms with Crippen LogP contribution in [-0.4, -0.2) is 119 Å². The number of primary amides is 1. The number of nitrogens with zero attached hydrogens (tertiary/aromatic N) is 8. The first-order chi connectivity index (χ1) is 29.6. The number of allylic oxidation sites excluding steroid dienone is 1. The van der Waals surface area contributed by atoms with Crippen LogP contribution in [0.3, 0.4) is 0 Å². The molecule has 1 unspecified atom stereocenters. The second kappa shape index (κ2) is 17.2. The van der Waals surface area contributed by atoms with Gasteiger partial charge in [0.25, 0.3) is 11.5 Å². The number of piperidine rings is 4. The number of aromatic nitrogens is 3. The van der Waals surface area contributed by atoms with Gasteiger partial charge in [0.15, 0.2) is 11.5 Å². The monoisotopic (exact) mass is 827 g/mol. The van der Waals surface area contributed by atoms with Gasteiger partial charge in [-0.05, 0) is 124 Å². The SMILES string of the molecule is C=C1CCC(n2ccc3cc(N4CCC(CN5CCC(c6ccc(Nc7nc(N8CCC[C@@H](N9CCN(C)C9=O)C8)cnc7C(N)=O)cc6)CC5)CC4)ccc3c2=O)C(=O)N1. The summed E-state index contributed by atoms with van der Waals surface area (Å²) < 4.78 is 1.57. The van der Waals surface area contributed by atoms with Crippen LogP contribution in [0.15, 0.2) is 78.0 Å². The molecule has 0 spiro atoms. The minimum atomic E-state index is -0.642. The molecule has 61 heavy (non-hydrogen) atoms. The fourth-order valence-corrected chi connectivity index (χ4v) is 10.1. The predicted molar refractivity (Wildman–Crippen MR) is 237 cm³/mol. The van der Waals surface area contributed by atoms with Crippen molar-refractivity contribution in [3.63, 3.8) is 0 Å². The van der Waals surface area contributed by atoms with Crippen LogP contribution in [0.25, 0.3) is 10.8 Å². The summed E-state index contributed by atoms with van der Waals surface area (Å²) in [7, 11) is 1.84. The van der Waals surface area contributed by atoms with Gasteiger partial charge in [-0.15, -0.1) is 0 Å². The number of amides is 4. The van der Waals surface area contributed by atoms with Gasteiger partial charge in [-0.3, -0.25) is 14.4 Å². The van der Waals surface area contributed by atoms with Crippen LogP contribution in [0.2, 0.25) is 0 Å². The van der Waals surface area contributed by atoms with Crippen LogP contribution in [0.4, 0.5) is 27.8 Å². The topological polar surface area (TPSA) is 165 Å². The molecule has 7 heterocycles. The maximum Gasteiger partial charge on any atom is 0.320 e. The van der Waals surface area contributed by atoms with E-state index >= 15 is 0 Å². The number of benzene rings is 2. The van der Waals surface area contributed by atoms with Crippen LogP contribution in [0.5, 0.6) is 0 Å². The van der Waals surface area contributed by atoms with Crippen molar-refractivity contribution in [1.82, 2.24) is 34.6 Å². The molecule has 15 heteroatoms. The molecule has 0 saturated carbocycles. The normalized spacial score (nSPS) is 22.3. The number of nitrogens with one attached hydrogen (secondary N) is 2. The third kappa shape index (κ3) is 8.52. The van der Waals surface area contributed by atoms with Gasteiger partial charge in [0, 0.05) is 81.5 Å². The summed E-state index contributed by atoms with van der Waals surface area (Å²) in [5, 5.41) is 7.66. The molecule has 0 bridgehead atoms. The zero-order chi connectivity index (χ0) is 42.2. The molecule has 5 saturated heterocycles. The number of urea groups is 1. The molecule has 0 radical (unpaired) electrons. The summed E-state index contributed by atoms with van der Waals surface area (Å²) in [6.45, 7) is 12.0. The smallest absolute Gasteiger partial charge is 0.320 e. The lowest BCUT2D eigenvalue weighted by molar-refractivity contribution is -0.124. The highest BCUT2D eigenvalue weighted by molar-refractivity contribution is 5.96. The highest BCUT2D eigenvalue weighted by Crippen LogP contribution is 2.33. The molecule has 5 aliphatic heterocycles. The standard InChI is InChI=1S/C46H57N11O4/c1-30-5-12-39(44(59)49-30)57-23-17-34-26-36(10-11-38(34)45(57)60)54-21-13-31(14-22-54)28-53-19-15-33(16-20-53)32-6-8-35(9-7-32)50-43-41(42(47)58)48-27-40(51-43)55-18-3-4-37(29-55)56-25-24-52(2)46(56)61/h6-11,17,23,26-27,31,33,37,39H,1,3-5,12-16,18-22,24-25,28-29H2,2H3,(H2,47,58)(H,49,59)(H,50,51)/t37-,39?/m1/s1. The lowest BCUT2D eigenvalue weighted by Gasteiger charge is -2.38. The van der Waals surface area contributed by atoms with Gasteiger partial charge in [0.05, 0.1) is 12.2 Å². The number of hydrogen-bond donors (Lipinski definition) is 3. The number of likely N-dealkylation sites (N-methyl/N-ethyl adjacent to an activating group) is 1. The molecular formula is C46H57N11O4. The van der Waals surface area contributed by atoms with E-state index in [1.54, 1.807) is 21.9 Å². The van der Waals surface area contributed by atoms with E-state index in [0.29, 0.717) is 53.9 Å². The minimum absolute atomic E-state index is 0.0728. The Hall–Kier alpha value is -5.96. The summed E-state index contributed by atoms with van der Waals surface area (Å²) in [5.74, 6) is 1.32. The van der Waals surface area contributed by atoms with Crippen molar-refractivity contribution in [3.8, 4) is 0 Å². The van der Waals surface area contributed by atoms with Gasteiger partial charge in [-0.2, -0.15) is 0 Å². The first kappa shape index (κ1) is 40.4. The number of fused-ring (bicyclic) bond motifs is 1. The van der Waals surface area contributed by atoms with E-state index in [0.717, 1.165) is 108 Å². The van der Waals surface area contributed by atoms with Crippen LogP contribution < -0.4 is 31.7 Å². The lowest BCUT2D eigenvalue weighted by atomic mass is 9.88. The Morgan fingerprint density at radius 2 is 1.69 bits per heavy atom.